The number of aromatic carboxylic acids is 1. The molecule has 7 nitrogen and oxygen atoms in total. The van der Waals surface area contributed by atoms with Gasteiger partial charge in [0, 0.05) is 42.7 Å². The van der Waals surface area contributed by atoms with Gasteiger partial charge in [0.05, 0.1) is 22.8 Å². The maximum atomic E-state index is 15.2. The van der Waals surface area contributed by atoms with E-state index in [0.29, 0.717) is 19.5 Å². The van der Waals surface area contributed by atoms with Crippen LogP contribution in [0.3, 0.4) is 0 Å². The third kappa shape index (κ3) is 3.43. The molecule has 0 amide bonds. The second-order valence-electron chi connectivity index (χ2n) is 6.69. The molecule has 1 aliphatic rings. The number of nitrogens with zero attached hydrogens (tertiary/aromatic N) is 2. The van der Waals surface area contributed by atoms with Crippen LogP contribution in [-0.2, 0) is 0 Å². The molecule has 4 N–H and O–H groups in total. The maximum Gasteiger partial charge on any atom is 0.341 e. The standard InChI is InChI=1S/C19H16F2N4O3.ClH/c20-13-5-11-16(24-6-12(18(11)26)19(27)28)15(10-1-3-23-7-14(10)21)17(13)25-4-2-9(22)8-25;/h1,3,5-7,9H,2,4,8,22H2,(H,24,26)(H,27,28);1H. The molecule has 29 heavy (non-hydrogen) atoms. The van der Waals surface area contributed by atoms with Gasteiger partial charge >= 0.3 is 5.97 Å². The molecule has 1 aromatic carbocycles. The Morgan fingerprint density at radius 1 is 1.34 bits per heavy atom. The lowest BCUT2D eigenvalue weighted by molar-refractivity contribution is 0.0695. The van der Waals surface area contributed by atoms with Crippen LogP contribution in [0.4, 0.5) is 14.5 Å². The Morgan fingerprint density at radius 3 is 2.72 bits per heavy atom. The summed E-state index contributed by atoms with van der Waals surface area (Å²) in [5.74, 6) is -2.88. The van der Waals surface area contributed by atoms with Crippen LogP contribution < -0.4 is 16.1 Å². The molecule has 0 bridgehead atoms. The first-order chi connectivity index (χ1) is 13.4. The van der Waals surface area contributed by atoms with Gasteiger partial charge in [0.25, 0.3) is 0 Å². The average Bonchev–Trinajstić information content (AvgIpc) is 3.07. The molecule has 0 aliphatic carbocycles. The van der Waals surface area contributed by atoms with Crippen molar-refractivity contribution in [3.8, 4) is 11.1 Å². The molecular weight excluding hydrogens is 406 g/mol. The number of carboxylic acids is 1. The summed E-state index contributed by atoms with van der Waals surface area (Å²) >= 11 is 0. The fraction of sp³-hybridized carbons (Fsp3) is 0.211. The average molecular weight is 423 g/mol. The van der Waals surface area contributed by atoms with Crippen LogP contribution in [0.5, 0.6) is 0 Å². The molecule has 1 aliphatic heterocycles. The molecular formula is C19H17ClF2N4O3. The van der Waals surface area contributed by atoms with Crippen molar-refractivity contribution in [2.24, 2.45) is 5.73 Å². The van der Waals surface area contributed by atoms with Crippen LogP contribution in [0.25, 0.3) is 22.0 Å². The van der Waals surface area contributed by atoms with Crippen LogP contribution in [0.2, 0.25) is 0 Å². The van der Waals surface area contributed by atoms with E-state index in [-0.39, 0.29) is 46.2 Å². The van der Waals surface area contributed by atoms with Crippen molar-refractivity contribution < 1.29 is 18.7 Å². The number of pyridine rings is 2. The van der Waals surface area contributed by atoms with Crippen LogP contribution in [0.1, 0.15) is 16.8 Å². The second kappa shape index (κ2) is 7.76. The molecule has 0 spiro atoms. The zero-order chi connectivity index (χ0) is 20.0. The van der Waals surface area contributed by atoms with Crippen molar-refractivity contribution in [3.05, 3.63) is 58.1 Å². The van der Waals surface area contributed by atoms with Gasteiger partial charge in [-0.1, -0.05) is 0 Å². The first-order valence-corrected chi connectivity index (χ1v) is 8.60. The largest absolute Gasteiger partial charge is 0.477 e. The van der Waals surface area contributed by atoms with Crippen LogP contribution in [-0.4, -0.2) is 40.2 Å². The van der Waals surface area contributed by atoms with Gasteiger partial charge < -0.3 is 20.7 Å². The first-order valence-electron chi connectivity index (χ1n) is 8.60. The first kappa shape index (κ1) is 20.7. The topological polar surface area (TPSA) is 112 Å². The highest BCUT2D eigenvalue weighted by molar-refractivity contribution is 6.03. The number of benzene rings is 1. The Labute approximate surface area is 169 Å². The van der Waals surface area contributed by atoms with Crippen molar-refractivity contribution in [1.29, 1.82) is 0 Å². The van der Waals surface area contributed by atoms with Gasteiger partial charge in [0.2, 0.25) is 5.43 Å². The minimum absolute atomic E-state index is 0. The van der Waals surface area contributed by atoms with E-state index in [1.165, 1.54) is 12.3 Å². The summed E-state index contributed by atoms with van der Waals surface area (Å²) in [6, 6.07) is 2.22. The summed E-state index contributed by atoms with van der Waals surface area (Å²) in [6.45, 7) is 0.848. The Hall–Kier alpha value is -3.04. The van der Waals surface area contributed by atoms with E-state index in [4.69, 9.17) is 5.73 Å². The van der Waals surface area contributed by atoms with Crippen molar-refractivity contribution in [2.75, 3.05) is 18.0 Å². The fourth-order valence-electron chi connectivity index (χ4n) is 3.62. The summed E-state index contributed by atoms with van der Waals surface area (Å²) < 4.78 is 29.7. The molecule has 3 heterocycles. The van der Waals surface area contributed by atoms with E-state index in [2.05, 4.69) is 9.97 Å². The number of rotatable bonds is 3. The van der Waals surface area contributed by atoms with E-state index in [1.807, 2.05) is 0 Å². The zero-order valence-corrected chi connectivity index (χ0v) is 15.8. The molecule has 152 valence electrons. The highest BCUT2D eigenvalue weighted by Crippen LogP contribution is 2.40. The normalized spacial score (nSPS) is 16.1. The molecule has 1 fully saturated rings. The van der Waals surface area contributed by atoms with E-state index < -0.39 is 28.6 Å². The van der Waals surface area contributed by atoms with E-state index in [1.54, 1.807) is 4.90 Å². The molecule has 1 atom stereocenters. The monoisotopic (exact) mass is 422 g/mol. The lowest BCUT2D eigenvalue weighted by Gasteiger charge is -2.24. The lowest BCUT2D eigenvalue weighted by Crippen LogP contribution is -2.27. The number of hydrogen-bond donors (Lipinski definition) is 3. The SMILES string of the molecule is Cl.NC1CCN(c2c(F)cc3c(=O)c(C(=O)O)c[nH]c3c2-c2ccncc2F)C1. The van der Waals surface area contributed by atoms with Gasteiger partial charge in [-0.3, -0.25) is 9.78 Å². The number of aromatic nitrogens is 2. The molecule has 4 rings (SSSR count). The zero-order valence-electron chi connectivity index (χ0n) is 15.0. The number of halogens is 3. The second-order valence-corrected chi connectivity index (χ2v) is 6.69. The smallest absolute Gasteiger partial charge is 0.341 e. The number of anilines is 1. The molecule has 1 saturated heterocycles. The summed E-state index contributed by atoms with van der Waals surface area (Å²) in [7, 11) is 0. The van der Waals surface area contributed by atoms with Crippen LogP contribution in [0.15, 0.2) is 35.5 Å². The van der Waals surface area contributed by atoms with Crippen molar-refractivity contribution in [2.45, 2.75) is 12.5 Å². The Morgan fingerprint density at radius 2 is 2.10 bits per heavy atom. The van der Waals surface area contributed by atoms with E-state index >= 15 is 4.39 Å². The highest BCUT2D eigenvalue weighted by Gasteiger charge is 2.28. The van der Waals surface area contributed by atoms with Crippen LogP contribution in [0, 0.1) is 11.6 Å². The molecule has 0 radical (unpaired) electrons. The van der Waals surface area contributed by atoms with Gasteiger partial charge in [-0.2, -0.15) is 0 Å². The molecule has 10 heteroatoms. The van der Waals surface area contributed by atoms with Crippen molar-refractivity contribution in [3.63, 3.8) is 0 Å². The van der Waals surface area contributed by atoms with E-state index in [9.17, 15) is 19.1 Å². The van der Waals surface area contributed by atoms with Gasteiger partial charge in [-0.25, -0.2) is 13.6 Å². The third-order valence-corrected chi connectivity index (χ3v) is 4.92. The quantitative estimate of drug-likeness (QED) is 0.598. The summed E-state index contributed by atoms with van der Waals surface area (Å²) in [5.41, 5.74) is 5.03. The van der Waals surface area contributed by atoms with Crippen molar-refractivity contribution in [1.82, 2.24) is 9.97 Å². The fourth-order valence-corrected chi connectivity index (χ4v) is 3.62. The number of nitrogens with two attached hydrogens (primary N) is 1. The minimum atomic E-state index is -1.44. The van der Waals surface area contributed by atoms with Gasteiger partial charge in [0.15, 0.2) is 0 Å². The summed E-state index contributed by atoms with van der Waals surface area (Å²) in [6.07, 6.45) is 4.03. The number of hydrogen-bond acceptors (Lipinski definition) is 5. The van der Waals surface area contributed by atoms with Crippen LogP contribution >= 0.6 is 12.4 Å². The Balaban J connectivity index is 0.00000240. The molecule has 3 aromatic rings. The lowest BCUT2D eigenvalue weighted by atomic mass is 9.98. The van der Waals surface area contributed by atoms with Gasteiger partial charge in [-0.15, -0.1) is 12.4 Å². The van der Waals surface area contributed by atoms with E-state index in [0.717, 1.165) is 18.5 Å². The number of carbonyl (C=O) groups is 1. The molecule has 1 unspecified atom stereocenters. The van der Waals surface area contributed by atoms with Gasteiger partial charge in [0.1, 0.15) is 17.2 Å². The number of fused-ring (bicyclic) bond motifs is 1. The van der Waals surface area contributed by atoms with Crippen molar-refractivity contribution >= 4 is 35.0 Å². The number of nitrogens with one attached hydrogen (secondary N) is 1. The Bertz CT molecular complexity index is 1170. The number of carboxylic acid groups (broad SMARTS) is 1. The Kier molecular flexibility index (Phi) is 5.54. The maximum absolute atomic E-state index is 15.2. The number of H-pyrrole nitrogens is 1. The highest BCUT2D eigenvalue weighted by atomic mass is 35.5. The number of aromatic amines is 1. The summed E-state index contributed by atoms with van der Waals surface area (Å²) in [4.78, 5) is 32.0. The predicted octanol–water partition coefficient (Wildman–Crippen LogP) is 2.53. The molecule has 0 saturated carbocycles. The minimum Gasteiger partial charge on any atom is -0.477 e. The summed E-state index contributed by atoms with van der Waals surface area (Å²) in [5, 5.41) is 9.01. The third-order valence-electron chi connectivity index (χ3n) is 4.92. The predicted molar refractivity (Wildman–Crippen MR) is 107 cm³/mol. The molecule has 2 aromatic heterocycles. The van der Waals surface area contributed by atoms with Gasteiger partial charge in [-0.05, 0) is 18.6 Å².